The average molecular weight is 1370 g/mol. The maximum absolute atomic E-state index is 2.66. The summed E-state index contributed by atoms with van der Waals surface area (Å²) in [5, 5.41) is 4.69. The first kappa shape index (κ1) is 66.9. The average Bonchev–Trinajstić information content (AvgIpc) is 1.44. The van der Waals surface area contributed by atoms with Crippen molar-refractivity contribution in [1.82, 2.24) is 9.13 Å². The zero-order valence-corrected chi connectivity index (χ0v) is 63.7. The van der Waals surface area contributed by atoms with Gasteiger partial charge in [-0.1, -0.05) is 245 Å². The molecule has 518 valence electrons. The third kappa shape index (κ3) is 11.2. The largest absolute Gasteiger partial charge is 0.310 e. The molecule has 0 aliphatic carbocycles. The zero-order chi connectivity index (χ0) is 72.9. The van der Waals surface area contributed by atoms with Crippen LogP contribution in [0.2, 0.25) is 0 Å². The minimum absolute atomic E-state index is 0.0436. The Kier molecular flexibility index (Phi) is 15.7. The SMILES string of the molecule is Cc1ccc(N(c2ccc(C)cc2)c2ccc(N3c4ccc(C(C)(C)C)cc4B4c5cc(C(C)(C)C)ccc5N(c5ccc(N(c6ccc(C)cc6)c6ccc(C)cc6)c6c7ccccc7n(-c7ccc(C(C)(C)C)cc7)c56)c5cccc3c54)c3c2c2ccccc2n3-c2ccc(C(C)(C)C)cc2)cc1. The van der Waals surface area contributed by atoms with Crippen LogP contribution in [-0.2, 0) is 21.7 Å². The number of anilines is 12. The Balaban J connectivity index is 1.01. The highest BCUT2D eigenvalue weighted by atomic mass is 15.2. The van der Waals surface area contributed by atoms with Crippen LogP contribution >= 0.6 is 0 Å². The number of aromatic nitrogens is 2. The molecule has 2 aliphatic heterocycles. The fourth-order valence-electron chi connectivity index (χ4n) is 16.6. The van der Waals surface area contributed by atoms with Crippen molar-refractivity contribution in [2.75, 3.05) is 19.6 Å². The van der Waals surface area contributed by atoms with Crippen molar-refractivity contribution in [2.45, 2.75) is 132 Å². The van der Waals surface area contributed by atoms with E-state index in [2.05, 4.69) is 413 Å². The lowest BCUT2D eigenvalue weighted by Crippen LogP contribution is -2.61. The quantitative estimate of drug-likeness (QED) is 0.127. The number of benzene rings is 13. The van der Waals surface area contributed by atoms with E-state index in [0.29, 0.717) is 0 Å². The Labute approximate surface area is 621 Å². The fraction of sp³-hybridized carbons (Fsp3) is 0.204. The van der Waals surface area contributed by atoms with Crippen LogP contribution in [0.4, 0.5) is 68.2 Å². The van der Waals surface area contributed by atoms with Gasteiger partial charge in [-0.2, -0.15) is 0 Å². The Morgan fingerprint density at radius 2 is 0.581 bits per heavy atom. The summed E-state index contributed by atoms with van der Waals surface area (Å²) < 4.78 is 5.14. The maximum atomic E-state index is 2.66. The van der Waals surface area contributed by atoms with Gasteiger partial charge in [0.15, 0.2) is 0 Å². The Hall–Kier alpha value is -11.3. The van der Waals surface area contributed by atoms with Crippen LogP contribution in [-0.4, -0.2) is 15.8 Å². The predicted octanol–water partition coefficient (Wildman–Crippen LogP) is 25.3. The number of fused-ring (bicyclic) bond motifs is 10. The third-order valence-electron chi connectivity index (χ3n) is 22.4. The molecule has 0 atom stereocenters. The second-order valence-corrected chi connectivity index (χ2v) is 33.8. The molecular weight excluding hydrogens is 1270 g/mol. The molecule has 0 unspecified atom stereocenters. The molecule has 13 aromatic carbocycles. The number of hydrogen-bond acceptors (Lipinski definition) is 4. The lowest BCUT2D eigenvalue weighted by molar-refractivity contribution is 0.590. The molecular formula is C98H93BN6. The van der Waals surface area contributed by atoms with Crippen LogP contribution in [0.5, 0.6) is 0 Å². The minimum atomic E-state index is -0.163. The second-order valence-electron chi connectivity index (χ2n) is 33.8. The van der Waals surface area contributed by atoms with Crippen molar-refractivity contribution in [1.29, 1.82) is 0 Å². The summed E-state index contributed by atoms with van der Waals surface area (Å²) in [5.41, 5.74) is 33.6. The van der Waals surface area contributed by atoms with Gasteiger partial charge in [-0.3, -0.25) is 0 Å². The summed E-state index contributed by atoms with van der Waals surface area (Å²) in [5.74, 6) is 0. The molecule has 0 spiro atoms. The first-order chi connectivity index (χ1) is 50.3. The van der Waals surface area contributed by atoms with Crippen LogP contribution in [0, 0.1) is 27.7 Å². The smallest absolute Gasteiger partial charge is 0.252 e. The number of aryl methyl sites for hydroxylation is 4. The lowest BCUT2D eigenvalue weighted by atomic mass is 9.33. The van der Waals surface area contributed by atoms with E-state index in [0.717, 1.165) is 90.3 Å². The van der Waals surface area contributed by atoms with Gasteiger partial charge in [0.05, 0.1) is 44.8 Å². The summed E-state index contributed by atoms with van der Waals surface area (Å²) in [6, 6.07) is 105. The molecule has 0 radical (unpaired) electrons. The van der Waals surface area contributed by atoms with Crippen LogP contribution in [0.15, 0.2) is 273 Å². The van der Waals surface area contributed by atoms with Gasteiger partial charge in [-0.05, 0) is 221 Å². The number of para-hydroxylation sites is 2. The standard InChI is InChI=1S/C98H93BN6/c1-62-28-42-70(43-29-62)100(71-44-30-63(2)31-45-71)84-56-58-88(93-90(84)76-22-17-19-24-80(76)102(93)74-50-36-66(37-51-74)95(5,6)7)104-82-54-40-68(97(11,12)13)60-78(82)99-79-61-69(98(14,15)16)41-55-83(79)105(87-27-21-26-86(104)92(87)99)89-59-57-85(101(72-46-32-64(3)33-47-72)73-48-34-65(4)35-49-73)91-77-23-18-20-25-81(77)103(94(89)91)75-52-38-67(39-53-75)96(8,9)10/h17-61H,1-16H3. The summed E-state index contributed by atoms with van der Waals surface area (Å²) in [7, 11) is 0. The summed E-state index contributed by atoms with van der Waals surface area (Å²) in [6.07, 6.45) is 0. The van der Waals surface area contributed by atoms with Crippen LogP contribution in [0.1, 0.15) is 128 Å². The molecule has 0 saturated heterocycles. The Morgan fingerprint density at radius 1 is 0.276 bits per heavy atom. The molecule has 0 fully saturated rings. The second kappa shape index (κ2) is 24.7. The Morgan fingerprint density at radius 3 is 0.905 bits per heavy atom. The van der Waals surface area contributed by atoms with E-state index in [1.165, 1.54) is 93.8 Å². The van der Waals surface area contributed by atoms with Gasteiger partial charge in [-0.15, -0.1) is 0 Å². The van der Waals surface area contributed by atoms with E-state index in [4.69, 9.17) is 0 Å². The first-order valence-corrected chi connectivity index (χ1v) is 37.5. The number of nitrogens with zero attached hydrogens (tertiary/aromatic N) is 6. The lowest BCUT2D eigenvalue weighted by Gasteiger charge is -2.45. The molecule has 6 nitrogen and oxygen atoms in total. The van der Waals surface area contributed by atoms with Gasteiger partial charge in [0.1, 0.15) is 0 Å². The van der Waals surface area contributed by atoms with Gasteiger partial charge >= 0.3 is 0 Å². The monoisotopic (exact) mass is 1360 g/mol. The zero-order valence-electron chi connectivity index (χ0n) is 63.7. The third-order valence-corrected chi connectivity index (χ3v) is 22.4. The van der Waals surface area contributed by atoms with Crippen molar-refractivity contribution >= 4 is 135 Å². The topological polar surface area (TPSA) is 22.8 Å². The summed E-state index contributed by atoms with van der Waals surface area (Å²) in [6.45, 7) is 36.6. The van der Waals surface area contributed by atoms with E-state index in [-0.39, 0.29) is 28.4 Å². The van der Waals surface area contributed by atoms with Gasteiger partial charge in [0.25, 0.3) is 6.71 Å². The van der Waals surface area contributed by atoms with Crippen LogP contribution < -0.4 is 36.0 Å². The molecule has 0 amide bonds. The van der Waals surface area contributed by atoms with Crippen molar-refractivity contribution in [3.8, 4) is 11.4 Å². The number of hydrogen-bond donors (Lipinski definition) is 0. The molecule has 0 bridgehead atoms. The van der Waals surface area contributed by atoms with Gasteiger partial charge < -0.3 is 28.7 Å². The molecule has 17 rings (SSSR count). The molecule has 105 heavy (non-hydrogen) atoms. The molecule has 0 N–H and O–H groups in total. The van der Waals surface area contributed by atoms with E-state index in [1.807, 2.05) is 0 Å². The van der Waals surface area contributed by atoms with Crippen LogP contribution in [0.3, 0.4) is 0 Å². The molecule has 7 heteroatoms. The fourth-order valence-corrected chi connectivity index (χ4v) is 16.6. The molecule has 15 aromatic rings. The Bertz CT molecular complexity index is 5450. The van der Waals surface area contributed by atoms with Gasteiger partial charge in [-0.25, -0.2) is 0 Å². The van der Waals surface area contributed by atoms with E-state index in [9.17, 15) is 0 Å². The summed E-state index contributed by atoms with van der Waals surface area (Å²) >= 11 is 0. The number of rotatable bonds is 10. The molecule has 2 aromatic heterocycles. The highest BCUT2D eigenvalue weighted by Gasteiger charge is 2.46. The first-order valence-electron chi connectivity index (χ1n) is 37.5. The van der Waals surface area contributed by atoms with Gasteiger partial charge in [0, 0.05) is 78.4 Å². The highest BCUT2D eigenvalue weighted by molar-refractivity contribution is 7.00. The van der Waals surface area contributed by atoms with E-state index in [1.54, 1.807) is 0 Å². The highest BCUT2D eigenvalue weighted by Crippen LogP contribution is 2.55. The normalized spacial score (nSPS) is 13.1. The van der Waals surface area contributed by atoms with Crippen molar-refractivity contribution in [3.63, 3.8) is 0 Å². The summed E-state index contributed by atoms with van der Waals surface area (Å²) in [4.78, 5) is 10.3. The molecule has 0 saturated carbocycles. The predicted molar refractivity (Wildman–Crippen MR) is 452 cm³/mol. The van der Waals surface area contributed by atoms with E-state index < -0.39 is 0 Å². The molecule has 4 heterocycles. The molecule has 2 aliphatic rings. The van der Waals surface area contributed by atoms with Crippen molar-refractivity contribution in [2.24, 2.45) is 0 Å². The van der Waals surface area contributed by atoms with Crippen molar-refractivity contribution in [3.05, 3.63) is 317 Å². The van der Waals surface area contributed by atoms with Gasteiger partial charge in [0.2, 0.25) is 0 Å². The van der Waals surface area contributed by atoms with E-state index >= 15 is 0 Å². The van der Waals surface area contributed by atoms with Crippen molar-refractivity contribution < 1.29 is 0 Å². The van der Waals surface area contributed by atoms with Crippen LogP contribution in [0.25, 0.3) is 55.0 Å². The minimum Gasteiger partial charge on any atom is -0.310 e. The maximum Gasteiger partial charge on any atom is 0.252 e.